The number of anilines is 1. The van der Waals surface area contributed by atoms with Gasteiger partial charge in [-0.05, 0) is 18.2 Å². The molecule has 23 heavy (non-hydrogen) atoms. The molecule has 3 heterocycles. The molecule has 3 aromatic rings. The predicted octanol–water partition coefficient (Wildman–Crippen LogP) is -0.253. The Morgan fingerprint density at radius 3 is 2.61 bits per heavy atom. The molecule has 1 saturated heterocycles. The zero-order valence-corrected chi connectivity index (χ0v) is 12.7. The summed E-state index contributed by atoms with van der Waals surface area (Å²) < 4.78 is 7.02. The van der Waals surface area contributed by atoms with Gasteiger partial charge in [0, 0.05) is 12.4 Å². The minimum Gasteiger partial charge on any atom is -0.408 e. The number of nitrogens with zero attached hydrogens (tertiary/aromatic N) is 4. The number of oxazole rings is 1. The van der Waals surface area contributed by atoms with E-state index in [4.69, 9.17) is 4.42 Å². The van der Waals surface area contributed by atoms with Crippen molar-refractivity contribution in [2.75, 3.05) is 31.1 Å². The first kappa shape index (κ1) is 14.0. The highest BCUT2D eigenvalue weighted by Crippen LogP contribution is 2.10. The molecule has 1 aliphatic rings. The van der Waals surface area contributed by atoms with Crippen LogP contribution in [-0.2, 0) is 6.67 Å². The lowest BCUT2D eigenvalue weighted by molar-refractivity contribution is -0.923. The van der Waals surface area contributed by atoms with E-state index in [1.807, 2.05) is 30.3 Å². The van der Waals surface area contributed by atoms with E-state index >= 15 is 0 Å². The number of nitrogens with one attached hydrogen (secondary N) is 1. The van der Waals surface area contributed by atoms with Crippen LogP contribution >= 0.6 is 0 Å². The second kappa shape index (κ2) is 5.85. The Kier molecular flexibility index (Phi) is 3.55. The lowest BCUT2D eigenvalue weighted by Crippen LogP contribution is -3.14. The third-order valence-electron chi connectivity index (χ3n) is 4.26. The molecule has 0 spiro atoms. The van der Waals surface area contributed by atoms with Crippen molar-refractivity contribution < 1.29 is 9.32 Å². The van der Waals surface area contributed by atoms with Crippen molar-refractivity contribution >= 4 is 17.0 Å². The van der Waals surface area contributed by atoms with Crippen molar-refractivity contribution in [1.29, 1.82) is 0 Å². The number of para-hydroxylation sites is 2. The maximum atomic E-state index is 12.1. The molecule has 0 amide bonds. The van der Waals surface area contributed by atoms with Gasteiger partial charge in [0.25, 0.3) is 0 Å². The normalized spacial score (nSPS) is 16.1. The summed E-state index contributed by atoms with van der Waals surface area (Å²) in [6, 6.07) is 9.37. The standard InChI is InChI=1S/C16H17N5O2/c22-16-21(13-4-1-2-5-14(13)23-16)12-19-8-10-20(11-9-19)15-17-6-3-7-18-15/h1-7H,8-12H2/p+1. The van der Waals surface area contributed by atoms with Crippen LogP contribution in [0, 0.1) is 0 Å². The van der Waals surface area contributed by atoms with Crippen LogP contribution in [0.1, 0.15) is 0 Å². The van der Waals surface area contributed by atoms with Crippen molar-refractivity contribution in [3.8, 4) is 0 Å². The van der Waals surface area contributed by atoms with E-state index < -0.39 is 0 Å². The van der Waals surface area contributed by atoms with Crippen molar-refractivity contribution in [1.82, 2.24) is 14.5 Å². The molecule has 1 N–H and O–H groups in total. The summed E-state index contributed by atoms with van der Waals surface area (Å²) in [5.74, 6) is 0.491. The maximum Gasteiger partial charge on any atom is 0.424 e. The van der Waals surface area contributed by atoms with E-state index in [0.717, 1.165) is 37.6 Å². The molecule has 7 nitrogen and oxygen atoms in total. The lowest BCUT2D eigenvalue weighted by atomic mass is 10.3. The molecule has 4 rings (SSSR count). The Hall–Kier alpha value is -2.67. The van der Waals surface area contributed by atoms with E-state index in [2.05, 4.69) is 14.9 Å². The first-order chi connectivity index (χ1) is 11.3. The second-order valence-corrected chi connectivity index (χ2v) is 5.71. The number of hydrogen-bond donors (Lipinski definition) is 1. The van der Waals surface area contributed by atoms with Crippen LogP contribution in [0.3, 0.4) is 0 Å². The van der Waals surface area contributed by atoms with Crippen molar-refractivity contribution in [3.05, 3.63) is 53.3 Å². The number of quaternary nitrogens is 1. The summed E-state index contributed by atoms with van der Waals surface area (Å²) in [5.41, 5.74) is 1.51. The van der Waals surface area contributed by atoms with Crippen LogP contribution in [0.15, 0.2) is 51.9 Å². The number of piperazine rings is 1. The Bertz CT molecular complexity index is 850. The molecule has 1 fully saturated rings. The quantitative estimate of drug-likeness (QED) is 0.722. The number of hydrogen-bond acceptors (Lipinski definition) is 5. The minimum atomic E-state index is -0.285. The van der Waals surface area contributed by atoms with E-state index in [0.29, 0.717) is 12.3 Å². The topological polar surface area (TPSA) is 68.6 Å². The van der Waals surface area contributed by atoms with Gasteiger partial charge >= 0.3 is 5.76 Å². The average Bonchev–Trinajstić information content (AvgIpc) is 2.92. The Labute approximate surface area is 132 Å². The fourth-order valence-electron chi connectivity index (χ4n) is 3.02. The summed E-state index contributed by atoms with van der Waals surface area (Å²) in [6.07, 6.45) is 3.53. The Morgan fingerprint density at radius 2 is 1.83 bits per heavy atom. The molecule has 1 aromatic carbocycles. The third kappa shape index (κ3) is 2.70. The average molecular weight is 312 g/mol. The van der Waals surface area contributed by atoms with Crippen LogP contribution in [0.4, 0.5) is 5.95 Å². The first-order valence-electron chi connectivity index (χ1n) is 7.75. The smallest absolute Gasteiger partial charge is 0.408 e. The van der Waals surface area contributed by atoms with Gasteiger partial charge in [-0.1, -0.05) is 12.1 Å². The summed E-state index contributed by atoms with van der Waals surface area (Å²) in [5, 5.41) is 0. The van der Waals surface area contributed by atoms with Gasteiger partial charge in [-0.25, -0.2) is 19.3 Å². The predicted molar refractivity (Wildman–Crippen MR) is 85.4 cm³/mol. The highest BCUT2D eigenvalue weighted by atomic mass is 16.4. The monoisotopic (exact) mass is 312 g/mol. The zero-order valence-electron chi connectivity index (χ0n) is 12.7. The SMILES string of the molecule is O=c1oc2ccccc2n1C[NH+]1CCN(c2ncccn2)CC1. The molecular formula is C16H18N5O2+. The fourth-order valence-corrected chi connectivity index (χ4v) is 3.02. The van der Waals surface area contributed by atoms with Crippen LogP contribution < -0.4 is 15.6 Å². The molecule has 7 heteroatoms. The van der Waals surface area contributed by atoms with Gasteiger partial charge in [-0.2, -0.15) is 0 Å². The summed E-state index contributed by atoms with van der Waals surface area (Å²) >= 11 is 0. The molecular weight excluding hydrogens is 294 g/mol. The number of fused-ring (bicyclic) bond motifs is 1. The van der Waals surface area contributed by atoms with Crippen LogP contribution in [-0.4, -0.2) is 40.7 Å². The number of benzene rings is 1. The third-order valence-corrected chi connectivity index (χ3v) is 4.26. The van der Waals surface area contributed by atoms with Crippen molar-refractivity contribution in [3.63, 3.8) is 0 Å². The molecule has 118 valence electrons. The Balaban J connectivity index is 1.47. The second-order valence-electron chi connectivity index (χ2n) is 5.71. The molecule has 0 bridgehead atoms. The number of aromatic nitrogens is 3. The van der Waals surface area contributed by atoms with E-state index in [1.165, 1.54) is 4.90 Å². The van der Waals surface area contributed by atoms with Crippen molar-refractivity contribution in [2.45, 2.75) is 6.67 Å². The zero-order chi connectivity index (χ0) is 15.6. The minimum absolute atomic E-state index is 0.285. The molecule has 1 aliphatic heterocycles. The highest BCUT2D eigenvalue weighted by Gasteiger charge is 2.23. The molecule has 0 atom stereocenters. The molecule has 2 aromatic heterocycles. The summed E-state index contributed by atoms with van der Waals surface area (Å²) in [6.45, 7) is 4.25. The van der Waals surface area contributed by atoms with Gasteiger partial charge < -0.3 is 14.2 Å². The lowest BCUT2D eigenvalue weighted by Gasteiger charge is -2.31. The highest BCUT2D eigenvalue weighted by molar-refractivity contribution is 5.72. The summed E-state index contributed by atoms with van der Waals surface area (Å²) in [7, 11) is 0. The van der Waals surface area contributed by atoms with Gasteiger partial charge in [0.05, 0.1) is 31.7 Å². The van der Waals surface area contributed by atoms with E-state index in [-0.39, 0.29) is 5.76 Å². The molecule has 0 saturated carbocycles. The maximum absolute atomic E-state index is 12.1. The Morgan fingerprint density at radius 1 is 1.09 bits per heavy atom. The number of rotatable bonds is 3. The van der Waals surface area contributed by atoms with Gasteiger partial charge in [0.1, 0.15) is 0 Å². The molecule has 0 radical (unpaired) electrons. The largest absolute Gasteiger partial charge is 0.424 e. The van der Waals surface area contributed by atoms with Gasteiger partial charge in [-0.3, -0.25) is 0 Å². The van der Waals surface area contributed by atoms with Crippen molar-refractivity contribution in [2.24, 2.45) is 0 Å². The van der Waals surface area contributed by atoms with Crippen LogP contribution in [0.5, 0.6) is 0 Å². The summed E-state index contributed by atoms with van der Waals surface area (Å²) in [4.78, 5) is 24.2. The van der Waals surface area contributed by atoms with Gasteiger partial charge in [-0.15, -0.1) is 0 Å². The van der Waals surface area contributed by atoms with Crippen LogP contribution in [0.2, 0.25) is 0 Å². The van der Waals surface area contributed by atoms with Gasteiger partial charge in [0.15, 0.2) is 12.3 Å². The first-order valence-corrected chi connectivity index (χ1v) is 7.75. The molecule has 0 unspecified atom stereocenters. The molecule has 0 aliphatic carbocycles. The van der Waals surface area contributed by atoms with Crippen LogP contribution in [0.25, 0.3) is 11.1 Å². The fraction of sp³-hybridized carbons (Fsp3) is 0.312. The van der Waals surface area contributed by atoms with E-state index in [1.54, 1.807) is 17.0 Å². The van der Waals surface area contributed by atoms with Gasteiger partial charge in [0.2, 0.25) is 5.95 Å². The van der Waals surface area contributed by atoms with E-state index in [9.17, 15) is 4.79 Å².